The van der Waals surface area contributed by atoms with Gasteiger partial charge in [-0.2, -0.15) is 0 Å². The number of fused-ring (bicyclic) bond motifs is 2. The molecule has 0 radical (unpaired) electrons. The van der Waals surface area contributed by atoms with Crippen molar-refractivity contribution in [1.82, 2.24) is 19.4 Å². The minimum absolute atomic E-state index is 0.168. The van der Waals surface area contributed by atoms with E-state index in [1.54, 1.807) is 0 Å². The van der Waals surface area contributed by atoms with Crippen molar-refractivity contribution in [2.24, 2.45) is 0 Å². The quantitative estimate of drug-likeness (QED) is 0.721. The molecule has 25 heavy (non-hydrogen) atoms. The van der Waals surface area contributed by atoms with Gasteiger partial charge in [-0.25, -0.2) is 4.98 Å². The molecule has 0 N–H and O–H groups in total. The number of amides is 1. The highest BCUT2D eigenvalue weighted by Gasteiger charge is 2.38. The Kier molecular flexibility index (Phi) is 3.02. The van der Waals surface area contributed by atoms with Crippen LogP contribution in [0.3, 0.4) is 0 Å². The maximum Gasteiger partial charge on any atom is 0.245 e. The van der Waals surface area contributed by atoms with Crippen LogP contribution in [0.2, 0.25) is 0 Å². The number of carbonyl (C=O) groups excluding carboxylic acids is 1. The van der Waals surface area contributed by atoms with Gasteiger partial charge in [0.15, 0.2) is 0 Å². The lowest BCUT2D eigenvalue weighted by molar-refractivity contribution is -0.135. The summed E-state index contributed by atoms with van der Waals surface area (Å²) in [5.41, 5.74) is 3.27. The summed E-state index contributed by atoms with van der Waals surface area (Å²) in [5.74, 6) is 1.76. The number of imidazole rings is 1. The van der Waals surface area contributed by atoms with Crippen LogP contribution in [0.25, 0.3) is 22.0 Å². The lowest BCUT2D eigenvalue weighted by Crippen LogP contribution is -2.39. The minimum Gasteiger partial charge on any atom is -0.338 e. The molecule has 0 saturated heterocycles. The lowest BCUT2D eigenvalue weighted by atomic mass is 10.0. The molecule has 3 aromatic rings. The number of benzene rings is 1. The van der Waals surface area contributed by atoms with Gasteiger partial charge in [0, 0.05) is 36.3 Å². The second-order valence-electron chi connectivity index (χ2n) is 7.22. The molecule has 0 spiro atoms. The zero-order chi connectivity index (χ0) is 17.1. The highest BCUT2D eigenvalue weighted by molar-refractivity contribution is 5.87. The van der Waals surface area contributed by atoms with Crippen LogP contribution in [-0.4, -0.2) is 32.4 Å². The smallest absolute Gasteiger partial charge is 0.245 e. The SMILES string of the molecule is C[C@H]1C(=O)N(C)Cc2c(-c3ccc4ccncc4c3)nc(C3CC3)n21. The maximum atomic E-state index is 12.5. The summed E-state index contributed by atoms with van der Waals surface area (Å²) in [6.07, 6.45) is 6.05. The van der Waals surface area contributed by atoms with E-state index < -0.39 is 0 Å². The maximum absolute atomic E-state index is 12.5. The molecule has 2 aromatic heterocycles. The monoisotopic (exact) mass is 332 g/mol. The third-order valence-corrected chi connectivity index (χ3v) is 5.40. The number of likely N-dealkylation sites (N-methyl/N-ethyl adjacent to an activating group) is 1. The van der Waals surface area contributed by atoms with Crippen molar-refractivity contribution in [3.63, 3.8) is 0 Å². The van der Waals surface area contributed by atoms with Crippen LogP contribution in [0.4, 0.5) is 0 Å². The number of carbonyl (C=O) groups is 1. The first-order valence-corrected chi connectivity index (χ1v) is 8.83. The van der Waals surface area contributed by atoms with Crippen molar-refractivity contribution in [3.05, 3.63) is 48.2 Å². The number of hydrogen-bond acceptors (Lipinski definition) is 3. The molecule has 1 aliphatic carbocycles. The lowest BCUT2D eigenvalue weighted by Gasteiger charge is -2.31. The van der Waals surface area contributed by atoms with Crippen molar-refractivity contribution in [2.75, 3.05) is 7.05 Å². The molecule has 1 amide bonds. The Morgan fingerprint density at radius 2 is 2.00 bits per heavy atom. The topological polar surface area (TPSA) is 51.0 Å². The van der Waals surface area contributed by atoms with Gasteiger partial charge in [-0.3, -0.25) is 9.78 Å². The Labute approximate surface area is 146 Å². The second-order valence-corrected chi connectivity index (χ2v) is 7.22. The van der Waals surface area contributed by atoms with Crippen molar-refractivity contribution in [1.29, 1.82) is 0 Å². The predicted octanol–water partition coefficient (Wildman–Crippen LogP) is 3.51. The van der Waals surface area contributed by atoms with Gasteiger partial charge < -0.3 is 9.47 Å². The van der Waals surface area contributed by atoms with E-state index in [0.29, 0.717) is 12.5 Å². The molecule has 0 bridgehead atoms. The van der Waals surface area contributed by atoms with Crippen LogP contribution >= 0.6 is 0 Å². The van der Waals surface area contributed by atoms with Crippen molar-refractivity contribution in [3.8, 4) is 11.3 Å². The van der Waals surface area contributed by atoms with E-state index in [0.717, 1.165) is 28.2 Å². The standard InChI is InChI=1S/C20H20N4O/c1-12-20(25)23(2)11-17-18(22-19(24(12)17)14-4-5-14)15-6-3-13-7-8-21-10-16(13)9-15/h3,6-10,12,14H,4-5,11H2,1-2H3/t12-/m0/s1. The van der Waals surface area contributed by atoms with E-state index in [1.807, 2.05) is 37.3 Å². The van der Waals surface area contributed by atoms with Crippen LogP contribution < -0.4 is 0 Å². The molecule has 0 unspecified atom stereocenters. The number of hydrogen-bond donors (Lipinski definition) is 0. The van der Waals surface area contributed by atoms with Gasteiger partial charge in [0.25, 0.3) is 0 Å². The summed E-state index contributed by atoms with van der Waals surface area (Å²) < 4.78 is 2.20. The largest absolute Gasteiger partial charge is 0.338 e. The Morgan fingerprint density at radius 1 is 1.16 bits per heavy atom. The van der Waals surface area contributed by atoms with Crippen LogP contribution in [0.15, 0.2) is 36.7 Å². The molecule has 1 aromatic carbocycles. The molecule has 5 heteroatoms. The summed E-state index contributed by atoms with van der Waals surface area (Å²) in [5, 5.41) is 2.29. The first-order chi connectivity index (χ1) is 12.1. The average Bonchev–Trinajstić information content (AvgIpc) is 3.41. The highest BCUT2D eigenvalue weighted by Crippen LogP contribution is 2.44. The van der Waals surface area contributed by atoms with E-state index in [1.165, 1.54) is 18.2 Å². The second kappa shape index (κ2) is 5.15. The molecule has 3 heterocycles. The van der Waals surface area contributed by atoms with E-state index >= 15 is 0 Å². The van der Waals surface area contributed by atoms with Gasteiger partial charge in [-0.15, -0.1) is 0 Å². The summed E-state index contributed by atoms with van der Waals surface area (Å²) in [4.78, 5) is 23.5. The Balaban J connectivity index is 1.72. The predicted molar refractivity (Wildman–Crippen MR) is 96.1 cm³/mol. The summed E-state index contributed by atoms with van der Waals surface area (Å²) >= 11 is 0. The summed E-state index contributed by atoms with van der Waals surface area (Å²) in [7, 11) is 1.88. The zero-order valence-electron chi connectivity index (χ0n) is 14.4. The molecule has 5 nitrogen and oxygen atoms in total. The van der Waals surface area contributed by atoms with E-state index in [9.17, 15) is 4.79 Å². The van der Waals surface area contributed by atoms with E-state index in [-0.39, 0.29) is 11.9 Å². The molecular formula is C20H20N4O. The Hall–Kier alpha value is -2.69. The van der Waals surface area contributed by atoms with Gasteiger partial charge in [0.2, 0.25) is 5.91 Å². The summed E-state index contributed by atoms with van der Waals surface area (Å²) in [6.45, 7) is 2.60. The highest BCUT2D eigenvalue weighted by atomic mass is 16.2. The molecule has 126 valence electrons. The third kappa shape index (κ3) is 2.18. The number of rotatable bonds is 2. The van der Waals surface area contributed by atoms with E-state index in [2.05, 4.69) is 27.8 Å². The fraction of sp³-hybridized carbons (Fsp3) is 0.350. The molecule has 5 rings (SSSR count). The average molecular weight is 332 g/mol. The van der Waals surface area contributed by atoms with Crippen LogP contribution in [0, 0.1) is 0 Å². The first-order valence-electron chi connectivity index (χ1n) is 8.83. The molecule has 2 aliphatic rings. The number of aromatic nitrogens is 3. The van der Waals surface area contributed by atoms with Gasteiger partial charge in [0.05, 0.1) is 17.9 Å². The van der Waals surface area contributed by atoms with Crippen molar-refractivity contribution in [2.45, 2.75) is 38.3 Å². The zero-order valence-corrected chi connectivity index (χ0v) is 14.4. The van der Waals surface area contributed by atoms with E-state index in [4.69, 9.17) is 4.98 Å². The fourth-order valence-corrected chi connectivity index (χ4v) is 3.89. The van der Waals surface area contributed by atoms with Crippen LogP contribution in [-0.2, 0) is 11.3 Å². The Morgan fingerprint density at radius 3 is 2.80 bits per heavy atom. The third-order valence-electron chi connectivity index (χ3n) is 5.40. The van der Waals surface area contributed by atoms with Gasteiger partial charge in [-0.05, 0) is 37.3 Å². The number of pyridine rings is 1. The van der Waals surface area contributed by atoms with Crippen LogP contribution in [0.1, 0.15) is 43.2 Å². The molecular weight excluding hydrogens is 312 g/mol. The minimum atomic E-state index is -0.173. The normalized spacial score (nSPS) is 20.2. The van der Waals surface area contributed by atoms with Gasteiger partial charge in [-0.1, -0.05) is 12.1 Å². The number of nitrogens with zero attached hydrogens (tertiary/aromatic N) is 4. The first kappa shape index (κ1) is 14.6. The van der Waals surface area contributed by atoms with Gasteiger partial charge in [0.1, 0.15) is 11.9 Å². The molecule has 1 atom stereocenters. The Bertz CT molecular complexity index is 1000. The fourth-order valence-electron chi connectivity index (χ4n) is 3.89. The summed E-state index contributed by atoms with van der Waals surface area (Å²) in [6, 6.07) is 8.25. The van der Waals surface area contributed by atoms with Crippen LogP contribution in [0.5, 0.6) is 0 Å². The van der Waals surface area contributed by atoms with Crippen molar-refractivity contribution >= 4 is 16.7 Å². The molecule has 1 fully saturated rings. The van der Waals surface area contributed by atoms with Gasteiger partial charge >= 0.3 is 0 Å². The molecule has 1 saturated carbocycles. The molecule has 1 aliphatic heterocycles. The van der Waals surface area contributed by atoms with Crippen molar-refractivity contribution < 1.29 is 4.79 Å².